The number of rotatable bonds is 3. The molecule has 22 heavy (non-hydrogen) atoms. The van der Waals surface area contributed by atoms with Gasteiger partial charge in [-0.3, -0.25) is 4.79 Å². The van der Waals surface area contributed by atoms with Crippen LogP contribution in [0.15, 0.2) is 42.5 Å². The number of carbonyl (C=O) groups excluding carboxylic acids is 2. The van der Waals surface area contributed by atoms with Crippen molar-refractivity contribution in [1.29, 1.82) is 0 Å². The van der Waals surface area contributed by atoms with Gasteiger partial charge in [-0.2, -0.15) is 13.2 Å². The molecule has 0 aromatic heterocycles. The molecule has 0 radical (unpaired) electrons. The lowest BCUT2D eigenvalue weighted by atomic mass is 9.96. The highest BCUT2D eigenvalue weighted by atomic mass is 19.4. The van der Waals surface area contributed by atoms with Crippen LogP contribution in [-0.4, -0.2) is 19.4 Å². The monoisotopic (exact) mass is 308 g/mol. The van der Waals surface area contributed by atoms with E-state index < -0.39 is 17.7 Å². The summed E-state index contributed by atoms with van der Waals surface area (Å²) in [4.78, 5) is 22.3. The molecule has 0 spiro atoms. The van der Waals surface area contributed by atoms with Crippen molar-refractivity contribution in [2.45, 2.75) is 6.18 Å². The number of alkyl halides is 3. The van der Waals surface area contributed by atoms with Gasteiger partial charge >= 0.3 is 12.1 Å². The molecule has 0 amide bonds. The van der Waals surface area contributed by atoms with Gasteiger partial charge in [0.25, 0.3) is 0 Å². The van der Waals surface area contributed by atoms with Crippen LogP contribution in [0.3, 0.4) is 0 Å². The maximum atomic E-state index is 13.1. The van der Waals surface area contributed by atoms with Gasteiger partial charge < -0.3 is 4.74 Å². The normalized spacial score (nSPS) is 11.1. The van der Waals surface area contributed by atoms with Gasteiger partial charge in [0, 0.05) is 5.56 Å². The molecule has 0 bridgehead atoms. The molecule has 0 saturated heterocycles. The molecular formula is C16H11F3O3. The van der Waals surface area contributed by atoms with Crippen molar-refractivity contribution in [1.82, 2.24) is 0 Å². The van der Waals surface area contributed by atoms with Crippen molar-refractivity contribution in [3.63, 3.8) is 0 Å². The molecule has 0 saturated carbocycles. The third-order valence-corrected chi connectivity index (χ3v) is 3.08. The van der Waals surface area contributed by atoms with Crippen LogP contribution >= 0.6 is 0 Å². The van der Waals surface area contributed by atoms with Gasteiger partial charge in [-0.05, 0) is 35.4 Å². The van der Waals surface area contributed by atoms with E-state index in [1.54, 1.807) is 0 Å². The third kappa shape index (κ3) is 3.16. The van der Waals surface area contributed by atoms with Crippen LogP contribution in [0, 0.1) is 0 Å². The van der Waals surface area contributed by atoms with Gasteiger partial charge in [0.2, 0.25) is 0 Å². The number of hydrogen-bond acceptors (Lipinski definition) is 3. The van der Waals surface area contributed by atoms with E-state index in [4.69, 9.17) is 0 Å². The standard InChI is InChI=1S/C16H11F3O3/c1-22-15(21)12-4-2-3-11(8-12)13-7-10(9-20)5-6-14(13)16(17,18)19/h2-9H,1H3. The second-order valence-corrected chi connectivity index (χ2v) is 4.49. The van der Waals surface area contributed by atoms with Gasteiger partial charge in [-0.25, -0.2) is 4.79 Å². The summed E-state index contributed by atoms with van der Waals surface area (Å²) >= 11 is 0. The lowest BCUT2D eigenvalue weighted by Crippen LogP contribution is -2.08. The minimum Gasteiger partial charge on any atom is -0.465 e. The van der Waals surface area contributed by atoms with E-state index in [9.17, 15) is 22.8 Å². The average molecular weight is 308 g/mol. The van der Waals surface area contributed by atoms with E-state index >= 15 is 0 Å². The van der Waals surface area contributed by atoms with Crippen LogP contribution in [0.4, 0.5) is 13.2 Å². The Kier molecular flexibility index (Phi) is 4.30. The second kappa shape index (κ2) is 6.01. The van der Waals surface area contributed by atoms with Crippen LogP contribution in [0.2, 0.25) is 0 Å². The topological polar surface area (TPSA) is 43.4 Å². The minimum absolute atomic E-state index is 0.117. The van der Waals surface area contributed by atoms with Gasteiger partial charge in [0.15, 0.2) is 0 Å². The number of carbonyl (C=O) groups is 2. The van der Waals surface area contributed by atoms with Gasteiger partial charge in [0.1, 0.15) is 6.29 Å². The molecule has 114 valence electrons. The van der Waals surface area contributed by atoms with Crippen LogP contribution in [-0.2, 0) is 10.9 Å². The van der Waals surface area contributed by atoms with Crippen molar-refractivity contribution in [2.24, 2.45) is 0 Å². The lowest BCUT2D eigenvalue weighted by Gasteiger charge is -2.14. The first-order valence-corrected chi connectivity index (χ1v) is 6.22. The Balaban J connectivity index is 2.65. The summed E-state index contributed by atoms with van der Waals surface area (Å²) in [6.45, 7) is 0. The zero-order chi connectivity index (χ0) is 16.3. The number of hydrogen-bond donors (Lipinski definition) is 0. The number of benzene rings is 2. The van der Waals surface area contributed by atoms with Crippen LogP contribution in [0.5, 0.6) is 0 Å². The van der Waals surface area contributed by atoms with Crippen molar-refractivity contribution >= 4 is 12.3 Å². The Bertz CT molecular complexity index is 721. The third-order valence-electron chi connectivity index (χ3n) is 3.08. The summed E-state index contributed by atoms with van der Waals surface area (Å²) in [6, 6.07) is 8.72. The average Bonchev–Trinajstić information content (AvgIpc) is 2.52. The molecule has 6 heteroatoms. The van der Waals surface area contributed by atoms with E-state index in [0.717, 1.165) is 18.2 Å². The number of methoxy groups -OCH3 is 1. The molecule has 0 aliphatic rings. The summed E-state index contributed by atoms with van der Waals surface area (Å²) in [5, 5.41) is 0. The van der Waals surface area contributed by atoms with E-state index in [2.05, 4.69) is 4.74 Å². The summed E-state index contributed by atoms with van der Waals surface area (Å²) in [7, 11) is 1.18. The van der Waals surface area contributed by atoms with E-state index in [0.29, 0.717) is 6.29 Å². The highest BCUT2D eigenvalue weighted by molar-refractivity contribution is 5.91. The highest BCUT2D eigenvalue weighted by Crippen LogP contribution is 2.37. The van der Waals surface area contributed by atoms with E-state index in [1.807, 2.05) is 0 Å². The fourth-order valence-electron chi connectivity index (χ4n) is 2.05. The second-order valence-electron chi connectivity index (χ2n) is 4.49. The number of esters is 1. The molecule has 0 aliphatic heterocycles. The van der Waals surface area contributed by atoms with Crippen molar-refractivity contribution in [2.75, 3.05) is 7.11 Å². The molecular weight excluding hydrogens is 297 g/mol. The van der Waals surface area contributed by atoms with Crippen molar-refractivity contribution in [3.05, 3.63) is 59.2 Å². The number of halogens is 3. The zero-order valence-corrected chi connectivity index (χ0v) is 11.5. The quantitative estimate of drug-likeness (QED) is 0.636. The molecule has 0 N–H and O–H groups in total. The smallest absolute Gasteiger partial charge is 0.417 e. The van der Waals surface area contributed by atoms with E-state index in [1.165, 1.54) is 31.4 Å². The minimum atomic E-state index is -4.57. The van der Waals surface area contributed by atoms with Crippen LogP contribution in [0.1, 0.15) is 26.3 Å². The molecule has 3 nitrogen and oxygen atoms in total. The Morgan fingerprint density at radius 1 is 1.14 bits per heavy atom. The molecule has 0 atom stereocenters. The molecule has 2 aromatic carbocycles. The maximum absolute atomic E-state index is 13.1. The van der Waals surface area contributed by atoms with Crippen LogP contribution in [0.25, 0.3) is 11.1 Å². The summed E-state index contributed by atoms with van der Waals surface area (Å²) in [5.41, 5.74) is -0.613. The molecule has 0 heterocycles. The fraction of sp³-hybridized carbons (Fsp3) is 0.125. The summed E-state index contributed by atoms with van der Waals surface area (Å²) < 4.78 is 43.9. The zero-order valence-electron chi connectivity index (χ0n) is 11.5. The van der Waals surface area contributed by atoms with Gasteiger partial charge in [-0.1, -0.05) is 18.2 Å². The first-order chi connectivity index (χ1) is 10.4. The molecule has 2 rings (SSSR count). The predicted molar refractivity (Wildman–Crippen MR) is 73.6 cm³/mol. The molecule has 2 aromatic rings. The first kappa shape index (κ1) is 15.8. The predicted octanol–water partition coefficient (Wildman–Crippen LogP) is 3.97. The lowest BCUT2D eigenvalue weighted by molar-refractivity contribution is -0.137. The molecule has 0 aliphatic carbocycles. The van der Waals surface area contributed by atoms with Gasteiger partial charge in [-0.15, -0.1) is 0 Å². The number of aldehydes is 1. The fourth-order valence-corrected chi connectivity index (χ4v) is 2.05. The summed E-state index contributed by atoms with van der Waals surface area (Å²) in [5.74, 6) is -0.651. The summed E-state index contributed by atoms with van der Waals surface area (Å²) in [6.07, 6.45) is -4.11. The molecule has 0 unspecified atom stereocenters. The maximum Gasteiger partial charge on any atom is 0.417 e. The van der Waals surface area contributed by atoms with Crippen LogP contribution < -0.4 is 0 Å². The van der Waals surface area contributed by atoms with E-state index in [-0.39, 0.29) is 22.3 Å². The SMILES string of the molecule is COC(=O)c1cccc(-c2cc(C=O)ccc2C(F)(F)F)c1. The van der Waals surface area contributed by atoms with Crippen molar-refractivity contribution < 1.29 is 27.5 Å². The highest BCUT2D eigenvalue weighted by Gasteiger charge is 2.33. The Morgan fingerprint density at radius 2 is 1.86 bits per heavy atom. The Morgan fingerprint density at radius 3 is 2.45 bits per heavy atom. The molecule has 0 fully saturated rings. The van der Waals surface area contributed by atoms with Crippen molar-refractivity contribution in [3.8, 4) is 11.1 Å². The Hall–Kier alpha value is -2.63. The number of ether oxygens (including phenoxy) is 1. The van der Waals surface area contributed by atoms with Gasteiger partial charge in [0.05, 0.1) is 18.2 Å². The largest absolute Gasteiger partial charge is 0.465 e. The first-order valence-electron chi connectivity index (χ1n) is 6.22. The Labute approximate surface area is 124 Å².